The van der Waals surface area contributed by atoms with E-state index in [1.807, 2.05) is 30.3 Å². The van der Waals surface area contributed by atoms with Gasteiger partial charge in [-0.1, -0.05) is 30.0 Å². The number of aliphatic hydroxyl groups is 1. The SMILES string of the molecule is OCC1CC1C#CC#Cc1ccccc1. The molecule has 0 aromatic heterocycles. The molecule has 1 N–H and O–H groups in total. The Bertz CT molecular complexity index is 439. The Morgan fingerprint density at radius 1 is 1.20 bits per heavy atom. The minimum atomic E-state index is 0.255. The summed E-state index contributed by atoms with van der Waals surface area (Å²) in [5.41, 5.74) is 0.987. The maximum atomic E-state index is 8.81. The van der Waals surface area contributed by atoms with Gasteiger partial charge in [0.25, 0.3) is 0 Å². The fourth-order valence-corrected chi connectivity index (χ4v) is 1.38. The average Bonchev–Trinajstić information content (AvgIpc) is 3.05. The lowest BCUT2D eigenvalue weighted by atomic mass is 10.2. The molecule has 1 nitrogen and oxygen atoms in total. The van der Waals surface area contributed by atoms with E-state index in [2.05, 4.69) is 23.7 Å². The van der Waals surface area contributed by atoms with Crippen LogP contribution in [0.2, 0.25) is 0 Å². The Balaban J connectivity index is 1.91. The van der Waals surface area contributed by atoms with Gasteiger partial charge in [-0.15, -0.1) is 0 Å². The lowest BCUT2D eigenvalue weighted by Crippen LogP contribution is -1.85. The second kappa shape index (κ2) is 4.69. The van der Waals surface area contributed by atoms with E-state index < -0.39 is 0 Å². The lowest BCUT2D eigenvalue weighted by molar-refractivity contribution is 0.273. The van der Waals surface area contributed by atoms with E-state index in [-0.39, 0.29) is 6.61 Å². The smallest absolute Gasteiger partial charge is 0.0471 e. The largest absolute Gasteiger partial charge is 0.396 e. The molecule has 1 aromatic rings. The number of hydrogen-bond acceptors (Lipinski definition) is 1. The first kappa shape index (κ1) is 9.84. The highest BCUT2D eigenvalue weighted by molar-refractivity contribution is 5.40. The molecular weight excluding hydrogens is 184 g/mol. The molecule has 1 heteroatoms. The first-order valence-electron chi connectivity index (χ1n) is 5.07. The normalized spacial score (nSPS) is 21.9. The van der Waals surface area contributed by atoms with E-state index in [0.717, 1.165) is 12.0 Å². The van der Waals surface area contributed by atoms with Gasteiger partial charge in [0.1, 0.15) is 0 Å². The summed E-state index contributed by atoms with van der Waals surface area (Å²) in [6.45, 7) is 0.255. The molecule has 0 amide bonds. The first-order valence-corrected chi connectivity index (χ1v) is 5.07. The van der Waals surface area contributed by atoms with Crippen molar-refractivity contribution in [3.8, 4) is 23.7 Å². The standard InChI is InChI=1S/C14H12O/c15-11-14-10-13(14)9-5-4-8-12-6-2-1-3-7-12/h1-3,6-7,13-15H,10-11H2. The van der Waals surface area contributed by atoms with Gasteiger partial charge >= 0.3 is 0 Å². The van der Waals surface area contributed by atoms with Crippen molar-refractivity contribution in [3.63, 3.8) is 0 Å². The van der Waals surface area contributed by atoms with Crippen LogP contribution in [0, 0.1) is 35.5 Å². The predicted molar refractivity (Wildman–Crippen MR) is 59.8 cm³/mol. The summed E-state index contributed by atoms with van der Waals surface area (Å²) in [6, 6.07) is 9.80. The van der Waals surface area contributed by atoms with Gasteiger partial charge in [-0.05, 0) is 36.3 Å². The number of rotatable bonds is 1. The van der Waals surface area contributed by atoms with E-state index >= 15 is 0 Å². The zero-order valence-corrected chi connectivity index (χ0v) is 8.40. The predicted octanol–water partition coefficient (Wildman–Crippen LogP) is 1.67. The highest BCUT2D eigenvalue weighted by Gasteiger charge is 2.34. The molecule has 0 spiro atoms. The summed E-state index contributed by atoms with van der Waals surface area (Å²) >= 11 is 0. The van der Waals surface area contributed by atoms with Crippen molar-refractivity contribution in [2.24, 2.45) is 11.8 Å². The Hall–Kier alpha value is -1.70. The van der Waals surface area contributed by atoms with Gasteiger partial charge in [0.15, 0.2) is 0 Å². The van der Waals surface area contributed by atoms with E-state index in [1.165, 1.54) is 0 Å². The highest BCUT2D eigenvalue weighted by Crippen LogP contribution is 2.36. The Labute approximate surface area is 90.1 Å². The molecule has 2 rings (SSSR count). The molecule has 0 aliphatic heterocycles. The third-order valence-corrected chi connectivity index (χ3v) is 2.46. The van der Waals surface area contributed by atoms with Crippen molar-refractivity contribution in [2.45, 2.75) is 6.42 Å². The van der Waals surface area contributed by atoms with Crippen LogP contribution in [0.25, 0.3) is 0 Å². The first-order chi connectivity index (χ1) is 7.40. The number of hydrogen-bond donors (Lipinski definition) is 1. The van der Waals surface area contributed by atoms with Crippen molar-refractivity contribution >= 4 is 0 Å². The topological polar surface area (TPSA) is 20.2 Å². The third kappa shape index (κ3) is 2.88. The van der Waals surface area contributed by atoms with Crippen molar-refractivity contribution in [1.29, 1.82) is 0 Å². The number of benzene rings is 1. The van der Waals surface area contributed by atoms with Gasteiger partial charge in [-0.3, -0.25) is 0 Å². The lowest BCUT2D eigenvalue weighted by Gasteiger charge is -1.83. The molecule has 2 atom stereocenters. The van der Waals surface area contributed by atoms with Gasteiger partial charge in [-0.2, -0.15) is 0 Å². The summed E-state index contributed by atoms with van der Waals surface area (Å²) in [5.74, 6) is 12.5. The fraction of sp³-hybridized carbons (Fsp3) is 0.286. The van der Waals surface area contributed by atoms with Crippen LogP contribution in [0.1, 0.15) is 12.0 Å². The van der Waals surface area contributed by atoms with Gasteiger partial charge in [0.05, 0.1) is 0 Å². The minimum Gasteiger partial charge on any atom is -0.396 e. The molecule has 1 aromatic carbocycles. The van der Waals surface area contributed by atoms with Crippen LogP contribution in [0.3, 0.4) is 0 Å². The van der Waals surface area contributed by atoms with Crippen LogP contribution in [0.4, 0.5) is 0 Å². The molecule has 15 heavy (non-hydrogen) atoms. The summed E-state index contributed by atoms with van der Waals surface area (Å²) < 4.78 is 0. The summed E-state index contributed by atoms with van der Waals surface area (Å²) in [4.78, 5) is 0. The molecule has 0 saturated heterocycles. The maximum Gasteiger partial charge on any atom is 0.0471 e. The van der Waals surface area contributed by atoms with E-state index in [0.29, 0.717) is 11.8 Å². The molecule has 1 aliphatic carbocycles. The zero-order valence-electron chi connectivity index (χ0n) is 8.40. The quantitative estimate of drug-likeness (QED) is 0.677. The van der Waals surface area contributed by atoms with E-state index in [9.17, 15) is 0 Å². The molecule has 0 bridgehead atoms. The Morgan fingerprint density at radius 2 is 2.00 bits per heavy atom. The summed E-state index contributed by atoms with van der Waals surface area (Å²) in [5, 5.41) is 8.81. The van der Waals surface area contributed by atoms with Crippen molar-refractivity contribution in [2.75, 3.05) is 6.61 Å². The second-order valence-electron chi connectivity index (χ2n) is 3.67. The molecular formula is C14H12O. The molecule has 74 valence electrons. The monoisotopic (exact) mass is 196 g/mol. The zero-order chi connectivity index (χ0) is 10.5. The molecule has 2 unspecified atom stereocenters. The molecule has 1 fully saturated rings. The van der Waals surface area contributed by atoms with Crippen LogP contribution < -0.4 is 0 Å². The van der Waals surface area contributed by atoms with Crippen LogP contribution in [-0.2, 0) is 0 Å². The maximum absolute atomic E-state index is 8.81. The van der Waals surface area contributed by atoms with Gasteiger partial charge in [0.2, 0.25) is 0 Å². The second-order valence-corrected chi connectivity index (χ2v) is 3.67. The summed E-state index contributed by atoms with van der Waals surface area (Å²) in [6.07, 6.45) is 1.02. The molecule has 0 heterocycles. The fourth-order valence-electron chi connectivity index (χ4n) is 1.38. The van der Waals surface area contributed by atoms with Crippen molar-refractivity contribution < 1.29 is 5.11 Å². The van der Waals surface area contributed by atoms with Crippen LogP contribution in [-0.4, -0.2) is 11.7 Å². The van der Waals surface area contributed by atoms with E-state index in [4.69, 9.17) is 5.11 Å². The summed E-state index contributed by atoms with van der Waals surface area (Å²) in [7, 11) is 0. The van der Waals surface area contributed by atoms with Crippen LogP contribution in [0.5, 0.6) is 0 Å². The third-order valence-electron chi connectivity index (χ3n) is 2.46. The minimum absolute atomic E-state index is 0.255. The molecule has 1 saturated carbocycles. The molecule has 0 radical (unpaired) electrons. The van der Waals surface area contributed by atoms with Gasteiger partial charge in [0, 0.05) is 18.1 Å². The van der Waals surface area contributed by atoms with Gasteiger partial charge in [-0.25, -0.2) is 0 Å². The van der Waals surface area contributed by atoms with Crippen LogP contribution in [0.15, 0.2) is 30.3 Å². The average molecular weight is 196 g/mol. The highest BCUT2D eigenvalue weighted by atomic mass is 16.3. The molecule has 1 aliphatic rings. The Kier molecular flexibility index (Phi) is 3.08. The Morgan fingerprint density at radius 3 is 2.67 bits per heavy atom. The van der Waals surface area contributed by atoms with Crippen molar-refractivity contribution in [3.05, 3.63) is 35.9 Å². The van der Waals surface area contributed by atoms with E-state index in [1.54, 1.807) is 0 Å². The van der Waals surface area contributed by atoms with Crippen molar-refractivity contribution in [1.82, 2.24) is 0 Å². The number of aliphatic hydroxyl groups excluding tert-OH is 1. The van der Waals surface area contributed by atoms with Crippen LogP contribution >= 0.6 is 0 Å². The van der Waals surface area contributed by atoms with Gasteiger partial charge < -0.3 is 5.11 Å².